The number of hydrogen-bond acceptors (Lipinski definition) is 5. The van der Waals surface area contributed by atoms with Crippen molar-refractivity contribution in [1.82, 2.24) is 4.98 Å². The fourth-order valence-corrected chi connectivity index (χ4v) is 2.73. The molecule has 0 bridgehead atoms. The molecular weight excluding hydrogens is 256 g/mol. The van der Waals surface area contributed by atoms with Crippen LogP contribution in [0.5, 0.6) is 0 Å². The normalized spacial score (nSPS) is 16.6. The number of hydrogen-bond donors (Lipinski definition) is 1. The van der Waals surface area contributed by atoms with E-state index in [0.717, 1.165) is 37.0 Å². The Balaban J connectivity index is 2.08. The monoisotopic (exact) mass is 272 g/mol. The van der Waals surface area contributed by atoms with Gasteiger partial charge in [0.2, 0.25) is 0 Å². The molecule has 1 fully saturated rings. The van der Waals surface area contributed by atoms with Crippen molar-refractivity contribution in [2.24, 2.45) is 5.73 Å². The number of anilines is 1. The summed E-state index contributed by atoms with van der Waals surface area (Å²) in [6.07, 6.45) is 5.13. The van der Waals surface area contributed by atoms with Crippen LogP contribution in [0.25, 0.3) is 10.8 Å². The van der Waals surface area contributed by atoms with Crippen LogP contribution in [-0.2, 0) is 0 Å². The van der Waals surface area contributed by atoms with E-state index < -0.39 is 0 Å². The quantitative estimate of drug-likeness (QED) is 0.668. The van der Waals surface area contributed by atoms with Gasteiger partial charge in [-0.2, -0.15) is 0 Å². The molecule has 0 spiro atoms. The summed E-state index contributed by atoms with van der Waals surface area (Å²) in [6.45, 7) is 1.77. The van der Waals surface area contributed by atoms with Gasteiger partial charge in [-0.05, 0) is 25.0 Å². The maximum atomic E-state index is 11.1. The number of nitro groups is 1. The number of nitrogens with two attached hydrogens (primary N) is 1. The maximum Gasteiger partial charge on any atom is 0.278 e. The maximum absolute atomic E-state index is 11.1. The van der Waals surface area contributed by atoms with Gasteiger partial charge in [0.1, 0.15) is 0 Å². The molecule has 0 saturated carbocycles. The van der Waals surface area contributed by atoms with Crippen LogP contribution in [0.3, 0.4) is 0 Å². The fraction of sp³-hybridized carbons (Fsp3) is 0.357. The van der Waals surface area contributed by atoms with Crippen molar-refractivity contribution in [3.63, 3.8) is 0 Å². The summed E-state index contributed by atoms with van der Waals surface area (Å²) >= 11 is 0. The lowest BCUT2D eigenvalue weighted by Crippen LogP contribution is -2.39. The second-order valence-corrected chi connectivity index (χ2v) is 5.11. The number of piperidine rings is 1. The van der Waals surface area contributed by atoms with Crippen LogP contribution in [0.2, 0.25) is 0 Å². The molecule has 1 aliphatic rings. The zero-order chi connectivity index (χ0) is 14.1. The average Bonchev–Trinajstić information content (AvgIpc) is 2.47. The van der Waals surface area contributed by atoms with Crippen molar-refractivity contribution in [2.75, 3.05) is 18.0 Å². The van der Waals surface area contributed by atoms with E-state index in [2.05, 4.69) is 9.88 Å². The molecule has 1 aromatic carbocycles. The van der Waals surface area contributed by atoms with Crippen molar-refractivity contribution in [3.8, 4) is 0 Å². The molecule has 1 aliphatic heterocycles. The molecule has 0 atom stereocenters. The van der Waals surface area contributed by atoms with Crippen LogP contribution < -0.4 is 10.6 Å². The van der Waals surface area contributed by atoms with Gasteiger partial charge in [-0.1, -0.05) is 0 Å². The standard InChI is InChI=1S/C14H16N4O2/c15-10-4-7-17(8-5-10)13-1-2-14(18(19)20)12-9-16-6-3-11(12)13/h1-3,6,9-10H,4-5,7-8,15H2. The van der Waals surface area contributed by atoms with Crippen molar-refractivity contribution < 1.29 is 4.92 Å². The van der Waals surface area contributed by atoms with Crippen molar-refractivity contribution in [2.45, 2.75) is 18.9 Å². The minimum absolute atomic E-state index is 0.102. The third kappa shape index (κ3) is 2.18. The van der Waals surface area contributed by atoms with Crippen molar-refractivity contribution in [1.29, 1.82) is 0 Å². The molecule has 0 amide bonds. The number of non-ortho nitro benzene ring substituents is 1. The average molecular weight is 272 g/mol. The van der Waals surface area contributed by atoms with Crippen LogP contribution in [0.15, 0.2) is 30.6 Å². The highest BCUT2D eigenvalue weighted by molar-refractivity contribution is 5.99. The van der Waals surface area contributed by atoms with Crippen LogP contribution >= 0.6 is 0 Å². The minimum Gasteiger partial charge on any atom is -0.371 e. The fourth-order valence-electron chi connectivity index (χ4n) is 2.73. The number of nitrogens with zero attached hydrogens (tertiary/aromatic N) is 3. The number of nitro benzene ring substituents is 1. The molecule has 1 saturated heterocycles. The lowest BCUT2D eigenvalue weighted by Gasteiger charge is -2.32. The number of rotatable bonds is 2. The molecule has 6 nitrogen and oxygen atoms in total. The molecule has 0 unspecified atom stereocenters. The molecule has 2 heterocycles. The van der Waals surface area contributed by atoms with E-state index in [4.69, 9.17) is 5.73 Å². The highest BCUT2D eigenvalue weighted by Crippen LogP contribution is 2.33. The molecule has 6 heteroatoms. The lowest BCUT2D eigenvalue weighted by atomic mass is 10.0. The van der Waals surface area contributed by atoms with Crippen LogP contribution in [0, 0.1) is 10.1 Å². The topological polar surface area (TPSA) is 85.3 Å². The molecule has 104 valence electrons. The van der Waals surface area contributed by atoms with E-state index >= 15 is 0 Å². The largest absolute Gasteiger partial charge is 0.371 e. The van der Waals surface area contributed by atoms with Gasteiger partial charge in [0.25, 0.3) is 5.69 Å². The van der Waals surface area contributed by atoms with Gasteiger partial charge in [0, 0.05) is 48.7 Å². The predicted molar refractivity (Wildman–Crippen MR) is 77.8 cm³/mol. The number of benzene rings is 1. The Hall–Kier alpha value is -2.21. The molecule has 3 rings (SSSR count). The highest BCUT2D eigenvalue weighted by Gasteiger charge is 2.21. The summed E-state index contributed by atoms with van der Waals surface area (Å²) in [7, 11) is 0. The van der Waals surface area contributed by atoms with Crippen LogP contribution in [0.1, 0.15) is 12.8 Å². The van der Waals surface area contributed by atoms with Crippen molar-refractivity contribution in [3.05, 3.63) is 40.7 Å². The van der Waals surface area contributed by atoms with Crippen LogP contribution in [-0.4, -0.2) is 29.0 Å². The van der Waals surface area contributed by atoms with Gasteiger partial charge in [0.05, 0.1) is 10.3 Å². The SMILES string of the molecule is NC1CCN(c2ccc([N+](=O)[O-])c3cnccc23)CC1. The number of aromatic nitrogens is 1. The molecular formula is C14H16N4O2. The van der Waals surface area contributed by atoms with E-state index in [1.807, 2.05) is 12.1 Å². The van der Waals surface area contributed by atoms with E-state index in [0.29, 0.717) is 5.39 Å². The molecule has 0 radical (unpaired) electrons. The van der Waals surface area contributed by atoms with Gasteiger partial charge >= 0.3 is 0 Å². The molecule has 2 aromatic rings. The molecule has 1 aromatic heterocycles. The van der Waals surface area contributed by atoms with E-state index in [1.54, 1.807) is 18.5 Å². The summed E-state index contributed by atoms with van der Waals surface area (Å²) in [5, 5.41) is 12.6. The first-order chi connectivity index (χ1) is 9.66. The van der Waals surface area contributed by atoms with Gasteiger partial charge in [-0.3, -0.25) is 15.1 Å². The predicted octanol–water partition coefficient (Wildman–Crippen LogP) is 2.07. The van der Waals surface area contributed by atoms with Gasteiger partial charge in [-0.25, -0.2) is 0 Å². The Morgan fingerprint density at radius 1 is 1.25 bits per heavy atom. The number of pyridine rings is 1. The van der Waals surface area contributed by atoms with Gasteiger partial charge in [-0.15, -0.1) is 0 Å². The first kappa shape index (κ1) is 12.8. The summed E-state index contributed by atoms with van der Waals surface area (Å²) in [4.78, 5) is 17.0. The summed E-state index contributed by atoms with van der Waals surface area (Å²) in [5.74, 6) is 0. The molecule has 2 N–H and O–H groups in total. The van der Waals surface area contributed by atoms with E-state index in [9.17, 15) is 10.1 Å². The third-order valence-corrected chi connectivity index (χ3v) is 3.85. The second-order valence-electron chi connectivity index (χ2n) is 5.11. The van der Waals surface area contributed by atoms with Crippen LogP contribution in [0.4, 0.5) is 11.4 Å². The zero-order valence-corrected chi connectivity index (χ0v) is 11.0. The highest BCUT2D eigenvalue weighted by atomic mass is 16.6. The zero-order valence-electron chi connectivity index (χ0n) is 11.0. The van der Waals surface area contributed by atoms with E-state index in [-0.39, 0.29) is 16.7 Å². The molecule has 0 aliphatic carbocycles. The lowest BCUT2D eigenvalue weighted by molar-refractivity contribution is -0.383. The summed E-state index contributed by atoms with van der Waals surface area (Å²) in [5.41, 5.74) is 7.06. The Morgan fingerprint density at radius 2 is 2.00 bits per heavy atom. The first-order valence-electron chi connectivity index (χ1n) is 6.68. The second kappa shape index (κ2) is 5.05. The molecule has 20 heavy (non-hydrogen) atoms. The Labute approximate surface area is 116 Å². The summed E-state index contributed by atoms with van der Waals surface area (Å²) < 4.78 is 0. The number of fused-ring (bicyclic) bond motifs is 1. The van der Waals surface area contributed by atoms with Gasteiger partial charge < -0.3 is 10.6 Å². The minimum atomic E-state index is -0.361. The Morgan fingerprint density at radius 3 is 2.70 bits per heavy atom. The third-order valence-electron chi connectivity index (χ3n) is 3.85. The van der Waals surface area contributed by atoms with Gasteiger partial charge in [0.15, 0.2) is 0 Å². The Bertz CT molecular complexity index is 651. The first-order valence-corrected chi connectivity index (χ1v) is 6.68. The van der Waals surface area contributed by atoms with E-state index in [1.165, 1.54) is 0 Å². The van der Waals surface area contributed by atoms with Crippen molar-refractivity contribution >= 4 is 22.1 Å². The summed E-state index contributed by atoms with van der Waals surface area (Å²) in [6, 6.07) is 5.49. The smallest absolute Gasteiger partial charge is 0.278 e. The Kier molecular flexibility index (Phi) is 3.23.